The van der Waals surface area contributed by atoms with E-state index in [4.69, 9.17) is 0 Å². The Morgan fingerprint density at radius 3 is 2.69 bits per heavy atom. The molecule has 0 radical (unpaired) electrons. The van der Waals surface area contributed by atoms with Crippen molar-refractivity contribution in [3.05, 3.63) is 54.0 Å². The highest BCUT2D eigenvalue weighted by molar-refractivity contribution is 5.40. The van der Waals surface area contributed by atoms with Gasteiger partial charge in [-0.25, -0.2) is 13.8 Å². The number of nitrogens with zero attached hydrogens (tertiary/aromatic N) is 4. The number of halogens is 2. The number of anilines is 1. The number of piperidine rings is 1. The van der Waals surface area contributed by atoms with E-state index < -0.39 is 11.3 Å². The fraction of sp³-hybridized carbons (Fsp3) is 0.500. The van der Waals surface area contributed by atoms with Crippen LogP contribution in [0.15, 0.2) is 42.6 Å². The minimum absolute atomic E-state index is 0.0884. The molecule has 2 aliphatic heterocycles. The van der Waals surface area contributed by atoms with Gasteiger partial charge >= 0.3 is 0 Å². The molecular formula is C20H24F2N4. The van der Waals surface area contributed by atoms with Crippen LogP contribution < -0.4 is 4.90 Å². The van der Waals surface area contributed by atoms with E-state index in [0.717, 1.165) is 17.2 Å². The van der Waals surface area contributed by atoms with Gasteiger partial charge in [0.2, 0.25) is 0 Å². The van der Waals surface area contributed by atoms with Gasteiger partial charge in [-0.1, -0.05) is 12.1 Å². The molecule has 1 spiro atoms. The molecule has 2 aromatic rings. The minimum atomic E-state index is -2.65. The summed E-state index contributed by atoms with van der Waals surface area (Å²) in [5.41, 5.74) is 0.902. The van der Waals surface area contributed by atoms with Gasteiger partial charge in [0.05, 0.1) is 11.1 Å². The highest BCUT2D eigenvalue weighted by Crippen LogP contribution is 2.50. The van der Waals surface area contributed by atoms with Crippen molar-refractivity contribution in [3.8, 4) is 0 Å². The lowest BCUT2D eigenvalue weighted by atomic mass is 9.75. The van der Waals surface area contributed by atoms with Gasteiger partial charge in [-0.2, -0.15) is 0 Å². The van der Waals surface area contributed by atoms with Crippen molar-refractivity contribution < 1.29 is 8.78 Å². The normalized spacial score (nSPS) is 25.7. The molecule has 0 unspecified atom stereocenters. The molecule has 0 N–H and O–H groups in total. The Hall–Kier alpha value is -2.08. The Balaban J connectivity index is 1.52. The number of aromatic nitrogens is 2. The SMILES string of the molecule is Cc1cccc(CN2CCC(F)(F)[C@]3(CCN(c4ccccn4)C3)C2)n1. The van der Waals surface area contributed by atoms with E-state index in [0.29, 0.717) is 39.1 Å². The Morgan fingerprint density at radius 2 is 1.92 bits per heavy atom. The third-order valence-corrected chi connectivity index (χ3v) is 5.70. The van der Waals surface area contributed by atoms with Gasteiger partial charge in [-0.05, 0) is 37.6 Å². The lowest BCUT2D eigenvalue weighted by Crippen LogP contribution is -2.56. The number of alkyl halides is 2. The highest BCUT2D eigenvalue weighted by Gasteiger charge is 2.59. The third kappa shape index (κ3) is 3.18. The summed E-state index contributed by atoms with van der Waals surface area (Å²) in [6.45, 7) is 4.38. The van der Waals surface area contributed by atoms with Crippen LogP contribution in [0.4, 0.5) is 14.6 Å². The first-order valence-corrected chi connectivity index (χ1v) is 9.16. The smallest absolute Gasteiger partial charge is 0.257 e. The van der Waals surface area contributed by atoms with Crippen molar-refractivity contribution in [2.45, 2.75) is 32.2 Å². The van der Waals surface area contributed by atoms with E-state index >= 15 is 0 Å². The van der Waals surface area contributed by atoms with Crippen LogP contribution in [-0.2, 0) is 6.54 Å². The Kier molecular flexibility index (Phi) is 4.39. The van der Waals surface area contributed by atoms with Crippen molar-refractivity contribution >= 4 is 5.82 Å². The Morgan fingerprint density at radius 1 is 1.04 bits per heavy atom. The average Bonchev–Trinajstić information content (AvgIpc) is 3.05. The van der Waals surface area contributed by atoms with Gasteiger partial charge in [-0.3, -0.25) is 9.88 Å². The van der Waals surface area contributed by atoms with Crippen LogP contribution in [0.1, 0.15) is 24.2 Å². The summed E-state index contributed by atoms with van der Waals surface area (Å²) in [6.07, 6.45) is 2.12. The fourth-order valence-corrected chi connectivity index (χ4v) is 4.27. The van der Waals surface area contributed by atoms with Crippen LogP contribution >= 0.6 is 0 Å². The zero-order valence-electron chi connectivity index (χ0n) is 15.0. The molecule has 0 aromatic carbocycles. The summed E-state index contributed by atoms with van der Waals surface area (Å²) in [5.74, 6) is -1.86. The second-order valence-electron chi connectivity index (χ2n) is 7.58. The first-order valence-electron chi connectivity index (χ1n) is 9.16. The van der Waals surface area contributed by atoms with E-state index in [-0.39, 0.29) is 6.42 Å². The van der Waals surface area contributed by atoms with E-state index in [1.807, 2.05) is 48.2 Å². The quantitative estimate of drug-likeness (QED) is 0.840. The molecule has 4 heterocycles. The predicted molar refractivity (Wildman–Crippen MR) is 97.3 cm³/mol. The first-order chi connectivity index (χ1) is 12.5. The monoisotopic (exact) mass is 358 g/mol. The van der Waals surface area contributed by atoms with Crippen LogP contribution in [0.3, 0.4) is 0 Å². The minimum Gasteiger partial charge on any atom is -0.356 e. The lowest BCUT2D eigenvalue weighted by Gasteiger charge is -2.45. The fourth-order valence-electron chi connectivity index (χ4n) is 4.27. The predicted octanol–water partition coefficient (Wildman–Crippen LogP) is 3.52. The molecule has 2 aromatic heterocycles. The van der Waals surface area contributed by atoms with Gasteiger partial charge in [0, 0.05) is 51.0 Å². The van der Waals surface area contributed by atoms with E-state index in [1.54, 1.807) is 6.20 Å². The molecule has 0 bridgehead atoms. The standard InChI is InChI=1S/C20H24F2N4/c1-16-5-4-6-17(24-16)13-25-11-9-20(21,22)19(14-25)8-12-26(15-19)18-7-2-3-10-23-18/h2-7,10H,8-9,11-15H2,1H3/t19-/m1/s1. The summed E-state index contributed by atoms with van der Waals surface area (Å²) in [5, 5.41) is 0. The van der Waals surface area contributed by atoms with Crippen LogP contribution in [0.25, 0.3) is 0 Å². The van der Waals surface area contributed by atoms with Crippen LogP contribution in [0.2, 0.25) is 0 Å². The highest BCUT2D eigenvalue weighted by atomic mass is 19.3. The van der Waals surface area contributed by atoms with Gasteiger partial charge in [0.25, 0.3) is 5.92 Å². The zero-order valence-corrected chi connectivity index (χ0v) is 15.0. The molecule has 6 heteroatoms. The van der Waals surface area contributed by atoms with E-state index in [9.17, 15) is 8.78 Å². The Labute approximate surface area is 152 Å². The number of aryl methyl sites for hydroxylation is 1. The van der Waals surface area contributed by atoms with Gasteiger partial charge in [-0.15, -0.1) is 0 Å². The molecule has 26 heavy (non-hydrogen) atoms. The maximum absolute atomic E-state index is 14.9. The van der Waals surface area contributed by atoms with E-state index in [2.05, 4.69) is 14.9 Å². The van der Waals surface area contributed by atoms with Crippen LogP contribution in [-0.4, -0.2) is 47.0 Å². The molecule has 4 nitrogen and oxygen atoms in total. The number of rotatable bonds is 3. The van der Waals surface area contributed by atoms with Gasteiger partial charge < -0.3 is 4.90 Å². The summed E-state index contributed by atoms with van der Waals surface area (Å²) < 4.78 is 29.9. The number of hydrogen-bond donors (Lipinski definition) is 0. The molecule has 0 saturated carbocycles. The van der Waals surface area contributed by atoms with Crippen molar-refractivity contribution in [1.29, 1.82) is 0 Å². The van der Waals surface area contributed by atoms with Crippen LogP contribution in [0.5, 0.6) is 0 Å². The summed E-state index contributed by atoms with van der Waals surface area (Å²) in [6, 6.07) is 11.6. The maximum atomic E-state index is 14.9. The molecule has 2 fully saturated rings. The molecule has 0 amide bonds. The largest absolute Gasteiger partial charge is 0.356 e. The number of hydrogen-bond acceptors (Lipinski definition) is 4. The average molecular weight is 358 g/mol. The second kappa shape index (κ2) is 6.58. The zero-order chi connectivity index (χ0) is 18.2. The lowest BCUT2D eigenvalue weighted by molar-refractivity contribution is -0.159. The number of likely N-dealkylation sites (tertiary alicyclic amines) is 1. The molecule has 4 rings (SSSR count). The van der Waals surface area contributed by atoms with Gasteiger partial charge in [0.1, 0.15) is 5.82 Å². The van der Waals surface area contributed by atoms with Gasteiger partial charge in [0.15, 0.2) is 0 Å². The number of pyridine rings is 2. The summed E-state index contributed by atoms with van der Waals surface area (Å²) >= 11 is 0. The molecule has 138 valence electrons. The molecule has 1 atom stereocenters. The maximum Gasteiger partial charge on any atom is 0.257 e. The Bertz CT molecular complexity index is 767. The third-order valence-electron chi connectivity index (χ3n) is 5.70. The molecular weight excluding hydrogens is 334 g/mol. The van der Waals surface area contributed by atoms with Crippen molar-refractivity contribution in [2.24, 2.45) is 5.41 Å². The first kappa shape index (κ1) is 17.3. The second-order valence-corrected chi connectivity index (χ2v) is 7.58. The summed E-state index contributed by atoms with van der Waals surface area (Å²) in [4.78, 5) is 13.0. The molecule has 2 saturated heterocycles. The van der Waals surface area contributed by atoms with Crippen molar-refractivity contribution in [2.75, 3.05) is 31.1 Å². The van der Waals surface area contributed by atoms with Crippen molar-refractivity contribution in [1.82, 2.24) is 14.9 Å². The van der Waals surface area contributed by atoms with Crippen LogP contribution in [0, 0.1) is 12.3 Å². The molecule has 2 aliphatic rings. The van der Waals surface area contributed by atoms with Crippen molar-refractivity contribution in [3.63, 3.8) is 0 Å². The van der Waals surface area contributed by atoms with E-state index in [1.165, 1.54) is 0 Å². The topological polar surface area (TPSA) is 32.3 Å². The summed E-state index contributed by atoms with van der Waals surface area (Å²) in [7, 11) is 0. The molecule has 0 aliphatic carbocycles.